The monoisotopic (exact) mass is 456 g/mol. The zero-order chi connectivity index (χ0) is 23.1. The lowest BCUT2D eigenvalue weighted by atomic mass is 9.91. The Balaban J connectivity index is 2.01. The van der Waals surface area contributed by atoms with Crippen molar-refractivity contribution in [1.29, 1.82) is 0 Å². The smallest absolute Gasteiger partial charge is 0.303 e. The fraction of sp³-hybridized carbons (Fsp3) is 0.875. The van der Waals surface area contributed by atoms with Crippen molar-refractivity contribution in [2.75, 3.05) is 13.2 Å². The number of aliphatic hydroxyl groups is 1. The number of aliphatic hydroxyl groups excluding tert-OH is 1. The average molecular weight is 457 g/mol. The molecule has 0 aromatic heterocycles. The molecule has 1 saturated carbocycles. The normalized spacial score (nSPS) is 30.2. The van der Waals surface area contributed by atoms with E-state index in [1.807, 2.05) is 6.08 Å². The molecule has 5 unspecified atom stereocenters. The molecule has 2 fully saturated rings. The minimum absolute atomic E-state index is 0.0618. The number of allylic oxidation sites excluding steroid dienone is 2. The van der Waals surface area contributed by atoms with Crippen molar-refractivity contribution in [1.82, 2.24) is 0 Å². The van der Waals surface area contributed by atoms with Crippen LogP contribution in [0, 0.1) is 11.8 Å². The number of carboxylic acid groups (broad SMARTS) is 1. The number of unbranched alkanes of at least 4 members (excludes halogenated alkanes) is 1. The highest BCUT2D eigenvalue weighted by atomic mass is 28.4. The number of hydrogen-bond donors (Lipinski definition) is 2. The fourth-order valence-corrected chi connectivity index (χ4v) is 5.19. The maximum absolute atomic E-state index is 10.8. The van der Waals surface area contributed by atoms with E-state index >= 15 is 0 Å². The third kappa shape index (κ3) is 8.28. The predicted molar refractivity (Wildman–Crippen MR) is 124 cm³/mol. The van der Waals surface area contributed by atoms with Gasteiger partial charge in [0.15, 0.2) is 14.6 Å². The van der Waals surface area contributed by atoms with E-state index in [1.54, 1.807) is 0 Å². The van der Waals surface area contributed by atoms with Gasteiger partial charge in [-0.2, -0.15) is 0 Å². The number of rotatable bonds is 11. The van der Waals surface area contributed by atoms with E-state index < -0.39 is 20.4 Å². The molecule has 1 heterocycles. The standard InChI is InChI=1S/C24H44O6Si/c1-24(2,3)31(4,5)29-17-19-18(12-8-6-7-9-13-22(26)27)20(25)16-21(19)30-23-14-10-11-15-28-23/h6,8,18-21,23,25H,7,9-17H2,1-5H3,(H,26,27). The number of hydrogen-bond acceptors (Lipinski definition) is 5. The van der Waals surface area contributed by atoms with E-state index in [4.69, 9.17) is 19.0 Å². The van der Waals surface area contributed by atoms with E-state index in [-0.39, 0.29) is 35.7 Å². The summed E-state index contributed by atoms with van der Waals surface area (Å²) in [5.41, 5.74) is 0. The fourth-order valence-electron chi connectivity index (χ4n) is 4.14. The molecule has 0 amide bonds. The van der Waals surface area contributed by atoms with Gasteiger partial charge in [-0.3, -0.25) is 4.79 Å². The van der Waals surface area contributed by atoms with Crippen LogP contribution in [0.25, 0.3) is 0 Å². The molecule has 7 heteroatoms. The highest BCUT2D eigenvalue weighted by molar-refractivity contribution is 6.74. The summed E-state index contributed by atoms with van der Waals surface area (Å²) in [6.07, 6.45) is 9.53. The van der Waals surface area contributed by atoms with Crippen LogP contribution in [0.15, 0.2) is 12.2 Å². The van der Waals surface area contributed by atoms with E-state index in [2.05, 4.69) is 39.9 Å². The summed E-state index contributed by atoms with van der Waals surface area (Å²) < 4.78 is 18.7. The van der Waals surface area contributed by atoms with Crippen LogP contribution in [0.1, 0.15) is 72.1 Å². The Bertz CT molecular complexity index is 579. The molecular weight excluding hydrogens is 412 g/mol. The van der Waals surface area contributed by atoms with Gasteiger partial charge < -0.3 is 24.1 Å². The van der Waals surface area contributed by atoms with Crippen molar-refractivity contribution in [2.24, 2.45) is 11.8 Å². The quantitative estimate of drug-likeness (QED) is 0.255. The predicted octanol–water partition coefficient (Wildman–Crippen LogP) is 5.12. The molecular formula is C24H44O6Si. The molecule has 1 saturated heterocycles. The molecule has 2 N–H and O–H groups in total. The maximum atomic E-state index is 10.8. The number of carbonyl (C=O) groups is 1. The third-order valence-corrected chi connectivity index (χ3v) is 11.7. The van der Waals surface area contributed by atoms with Crippen LogP contribution in [-0.2, 0) is 18.7 Å². The van der Waals surface area contributed by atoms with Crippen LogP contribution in [0.4, 0.5) is 0 Å². The molecule has 180 valence electrons. The van der Waals surface area contributed by atoms with Crippen molar-refractivity contribution in [3.63, 3.8) is 0 Å². The number of ether oxygens (including phenoxy) is 2. The lowest BCUT2D eigenvalue weighted by Gasteiger charge is -2.38. The lowest BCUT2D eigenvalue weighted by Crippen LogP contribution is -2.44. The van der Waals surface area contributed by atoms with E-state index in [9.17, 15) is 9.90 Å². The van der Waals surface area contributed by atoms with E-state index in [0.717, 1.165) is 38.7 Å². The minimum Gasteiger partial charge on any atom is -0.481 e. The topological polar surface area (TPSA) is 85.2 Å². The Labute approximate surface area is 189 Å². The lowest BCUT2D eigenvalue weighted by molar-refractivity contribution is -0.197. The molecule has 1 aliphatic heterocycles. The molecule has 31 heavy (non-hydrogen) atoms. The first-order chi connectivity index (χ1) is 14.5. The summed E-state index contributed by atoms with van der Waals surface area (Å²) in [5.74, 6) is -0.556. The summed E-state index contributed by atoms with van der Waals surface area (Å²) in [5, 5.41) is 19.7. The molecule has 0 aromatic rings. The average Bonchev–Trinajstić information content (AvgIpc) is 2.97. The van der Waals surface area contributed by atoms with Gasteiger partial charge in [0.2, 0.25) is 0 Å². The first-order valence-electron chi connectivity index (χ1n) is 12.0. The molecule has 6 nitrogen and oxygen atoms in total. The minimum atomic E-state index is -1.91. The Kier molecular flexibility index (Phi) is 10.2. The van der Waals surface area contributed by atoms with Gasteiger partial charge in [0.25, 0.3) is 0 Å². The summed E-state index contributed by atoms with van der Waals surface area (Å²) in [6, 6.07) is 0. The van der Waals surface area contributed by atoms with Crippen molar-refractivity contribution in [3.05, 3.63) is 12.2 Å². The van der Waals surface area contributed by atoms with Crippen molar-refractivity contribution < 1.29 is 28.9 Å². The van der Waals surface area contributed by atoms with Gasteiger partial charge in [-0.05, 0) is 62.6 Å². The van der Waals surface area contributed by atoms with Crippen LogP contribution in [-0.4, -0.2) is 56.2 Å². The van der Waals surface area contributed by atoms with Crippen molar-refractivity contribution in [3.8, 4) is 0 Å². The van der Waals surface area contributed by atoms with E-state index in [1.165, 1.54) is 0 Å². The highest BCUT2D eigenvalue weighted by Crippen LogP contribution is 2.42. The van der Waals surface area contributed by atoms with Gasteiger partial charge in [0.1, 0.15) is 0 Å². The van der Waals surface area contributed by atoms with E-state index in [0.29, 0.717) is 19.4 Å². The second-order valence-corrected chi connectivity index (χ2v) is 15.5. The second-order valence-electron chi connectivity index (χ2n) is 10.7. The SMILES string of the molecule is CC(C)(C)[Si](C)(C)OCC1C(OC2CCCCO2)CC(O)C1CC=CCCCC(=O)O. The van der Waals surface area contributed by atoms with Gasteiger partial charge in [-0.15, -0.1) is 0 Å². The zero-order valence-electron chi connectivity index (χ0n) is 20.1. The Morgan fingerprint density at radius 3 is 2.55 bits per heavy atom. The third-order valence-electron chi connectivity index (χ3n) is 7.24. The molecule has 2 aliphatic rings. The van der Waals surface area contributed by atoms with Crippen LogP contribution in [0.3, 0.4) is 0 Å². The Hall–Kier alpha value is -0.733. The van der Waals surface area contributed by atoms with Gasteiger partial charge in [-0.25, -0.2) is 0 Å². The van der Waals surface area contributed by atoms with Crippen LogP contribution in [0.2, 0.25) is 18.1 Å². The summed E-state index contributed by atoms with van der Waals surface area (Å²) in [4.78, 5) is 10.7. The van der Waals surface area contributed by atoms with Gasteiger partial charge in [0, 0.05) is 32.0 Å². The Morgan fingerprint density at radius 2 is 1.94 bits per heavy atom. The second kappa shape index (κ2) is 11.9. The van der Waals surface area contributed by atoms with Crippen molar-refractivity contribution >= 4 is 14.3 Å². The first-order valence-corrected chi connectivity index (χ1v) is 14.9. The molecule has 2 rings (SSSR count). The van der Waals surface area contributed by atoms with Gasteiger partial charge >= 0.3 is 5.97 Å². The number of aliphatic carboxylic acids is 1. The maximum Gasteiger partial charge on any atom is 0.303 e. The summed E-state index contributed by atoms with van der Waals surface area (Å²) in [7, 11) is -1.91. The highest BCUT2D eigenvalue weighted by Gasteiger charge is 2.46. The molecule has 0 aromatic carbocycles. The molecule has 0 spiro atoms. The molecule has 1 aliphatic carbocycles. The van der Waals surface area contributed by atoms with Crippen LogP contribution in [0.5, 0.6) is 0 Å². The summed E-state index contributed by atoms with van der Waals surface area (Å²) in [6.45, 7) is 12.6. The molecule has 0 radical (unpaired) electrons. The number of carboxylic acids is 1. The first kappa shape index (κ1) is 26.5. The van der Waals surface area contributed by atoms with Gasteiger partial charge in [0.05, 0.1) is 12.2 Å². The van der Waals surface area contributed by atoms with Crippen LogP contribution < -0.4 is 0 Å². The largest absolute Gasteiger partial charge is 0.481 e. The molecule has 5 atom stereocenters. The zero-order valence-corrected chi connectivity index (χ0v) is 21.1. The van der Waals surface area contributed by atoms with Gasteiger partial charge in [-0.1, -0.05) is 32.9 Å². The van der Waals surface area contributed by atoms with Crippen LogP contribution >= 0.6 is 0 Å². The Morgan fingerprint density at radius 1 is 1.19 bits per heavy atom. The summed E-state index contributed by atoms with van der Waals surface area (Å²) >= 11 is 0. The van der Waals surface area contributed by atoms with Crippen molar-refractivity contribution in [2.45, 2.75) is 109 Å². The molecule has 0 bridgehead atoms.